The van der Waals surface area contributed by atoms with Gasteiger partial charge in [0.25, 0.3) is 11.6 Å². The first kappa shape index (κ1) is 21.8. The molecule has 9 nitrogen and oxygen atoms in total. The number of carbonyl (C=O) groups excluding carboxylic acids is 2. The number of anilines is 1. The number of amides is 1. The highest BCUT2D eigenvalue weighted by atomic mass is 35.5. The molecular formula is C20H14ClFN2O7. The minimum Gasteiger partial charge on any atom is -0.486 e. The minimum atomic E-state index is -0.913. The van der Waals surface area contributed by atoms with Crippen LogP contribution in [-0.2, 0) is 16.1 Å². The summed E-state index contributed by atoms with van der Waals surface area (Å²) in [4.78, 5) is 34.4. The van der Waals surface area contributed by atoms with Gasteiger partial charge in [-0.3, -0.25) is 14.9 Å². The van der Waals surface area contributed by atoms with Crippen molar-refractivity contribution in [3.63, 3.8) is 0 Å². The fourth-order valence-corrected chi connectivity index (χ4v) is 2.58. The summed E-state index contributed by atoms with van der Waals surface area (Å²) < 4.78 is 28.4. The Kier molecular flexibility index (Phi) is 6.83. The molecule has 0 aliphatic heterocycles. The zero-order chi connectivity index (χ0) is 22.4. The van der Waals surface area contributed by atoms with Crippen molar-refractivity contribution >= 4 is 34.9 Å². The van der Waals surface area contributed by atoms with Crippen molar-refractivity contribution in [2.45, 2.75) is 6.61 Å². The number of nitrogens with zero attached hydrogens (tertiary/aromatic N) is 1. The Morgan fingerprint density at radius 1 is 1.13 bits per heavy atom. The lowest BCUT2D eigenvalue weighted by Gasteiger charge is -2.07. The highest BCUT2D eigenvalue weighted by molar-refractivity contribution is 6.31. The molecular weight excluding hydrogens is 435 g/mol. The molecule has 0 bridgehead atoms. The molecule has 3 rings (SSSR count). The van der Waals surface area contributed by atoms with E-state index in [1.807, 2.05) is 0 Å². The predicted octanol–water partition coefficient (Wildman–Crippen LogP) is 4.35. The smallest absolute Gasteiger partial charge is 0.374 e. The number of ether oxygens (including phenoxy) is 2. The van der Waals surface area contributed by atoms with Gasteiger partial charge >= 0.3 is 5.97 Å². The van der Waals surface area contributed by atoms with Crippen LogP contribution in [0.25, 0.3) is 0 Å². The Bertz CT molecular complexity index is 1110. The van der Waals surface area contributed by atoms with Gasteiger partial charge in [0.05, 0.1) is 4.92 Å². The quantitative estimate of drug-likeness (QED) is 0.309. The normalized spacial score (nSPS) is 10.4. The number of esters is 1. The molecule has 0 aliphatic rings. The Morgan fingerprint density at radius 2 is 1.87 bits per heavy atom. The third-order valence-corrected chi connectivity index (χ3v) is 4.06. The van der Waals surface area contributed by atoms with Crippen LogP contribution in [0.2, 0.25) is 5.02 Å². The SMILES string of the molecule is O=C(COC(=O)c1ccc(COc2ccc(F)cc2)o1)Nc1cc(Cl)ccc1[N+](=O)[O-]. The van der Waals surface area contributed by atoms with E-state index in [9.17, 15) is 24.1 Å². The fraction of sp³-hybridized carbons (Fsp3) is 0.100. The minimum absolute atomic E-state index is 0.0160. The van der Waals surface area contributed by atoms with Crippen molar-refractivity contribution in [3.8, 4) is 5.75 Å². The monoisotopic (exact) mass is 448 g/mol. The summed E-state index contributed by atoms with van der Waals surface area (Å²) in [5.41, 5.74) is -0.488. The molecule has 0 fully saturated rings. The summed E-state index contributed by atoms with van der Waals surface area (Å²) in [6, 6.07) is 11.8. The van der Waals surface area contributed by atoms with Gasteiger partial charge in [-0.2, -0.15) is 0 Å². The largest absolute Gasteiger partial charge is 0.486 e. The lowest BCUT2D eigenvalue weighted by molar-refractivity contribution is -0.383. The van der Waals surface area contributed by atoms with E-state index in [0.717, 1.165) is 6.07 Å². The zero-order valence-corrected chi connectivity index (χ0v) is 16.4. The van der Waals surface area contributed by atoms with Gasteiger partial charge in [-0.05, 0) is 48.5 Å². The van der Waals surface area contributed by atoms with Crippen molar-refractivity contribution in [1.29, 1.82) is 0 Å². The first-order chi connectivity index (χ1) is 14.8. The molecule has 0 saturated heterocycles. The fourth-order valence-electron chi connectivity index (χ4n) is 2.41. The van der Waals surface area contributed by atoms with E-state index in [1.54, 1.807) is 0 Å². The average molecular weight is 449 g/mol. The summed E-state index contributed by atoms with van der Waals surface area (Å²) in [6.07, 6.45) is 0. The van der Waals surface area contributed by atoms with Gasteiger partial charge in [-0.15, -0.1) is 0 Å². The molecule has 31 heavy (non-hydrogen) atoms. The van der Waals surface area contributed by atoms with Crippen LogP contribution in [-0.4, -0.2) is 23.4 Å². The molecule has 0 spiro atoms. The number of nitro benzene ring substituents is 1. The van der Waals surface area contributed by atoms with Crippen LogP contribution in [0.15, 0.2) is 59.0 Å². The molecule has 1 N–H and O–H groups in total. The van der Waals surface area contributed by atoms with E-state index in [-0.39, 0.29) is 28.8 Å². The topological polar surface area (TPSA) is 121 Å². The summed E-state index contributed by atoms with van der Waals surface area (Å²) in [5, 5.41) is 13.5. The van der Waals surface area contributed by atoms with Gasteiger partial charge in [-0.25, -0.2) is 9.18 Å². The van der Waals surface area contributed by atoms with Crippen LogP contribution < -0.4 is 10.1 Å². The lowest BCUT2D eigenvalue weighted by atomic mass is 10.2. The number of benzene rings is 2. The summed E-state index contributed by atoms with van der Waals surface area (Å²) in [7, 11) is 0. The number of carbonyl (C=O) groups is 2. The average Bonchev–Trinajstić information content (AvgIpc) is 3.20. The van der Waals surface area contributed by atoms with E-state index in [4.69, 9.17) is 25.5 Å². The number of rotatable bonds is 8. The zero-order valence-electron chi connectivity index (χ0n) is 15.7. The van der Waals surface area contributed by atoms with Crippen molar-refractivity contribution in [3.05, 3.63) is 87.1 Å². The van der Waals surface area contributed by atoms with E-state index in [2.05, 4.69) is 5.32 Å². The van der Waals surface area contributed by atoms with E-state index < -0.39 is 29.2 Å². The summed E-state index contributed by atoms with van der Waals surface area (Å²) >= 11 is 5.79. The molecule has 0 unspecified atom stereocenters. The Morgan fingerprint density at radius 3 is 2.58 bits per heavy atom. The summed E-state index contributed by atoms with van der Waals surface area (Å²) in [5.74, 6) is -1.57. The van der Waals surface area contributed by atoms with Gasteiger partial charge in [0.1, 0.15) is 29.6 Å². The second-order valence-corrected chi connectivity index (χ2v) is 6.49. The van der Waals surface area contributed by atoms with Gasteiger partial charge in [0, 0.05) is 11.1 Å². The number of nitro groups is 1. The Hall–Kier alpha value is -3.92. The molecule has 0 atom stereocenters. The molecule has 0 aliphatic carbocycles. The molecule has 11 heteroatoms. The van der Waals surface area contributed by atoms with E-state index >= 15 is 0 Å². The molecule has 0 radical (unpaired) electrons. The summed E-state index contributed by atoms with van der Waals surface area (Å²) in [6.45, 7) is -0.720. The van der Waals surface area contributed by atoms with Crippen LogP contribution in [0.4, 0.5) is 15.8 Å². The van der Waals surface area contributed by atoms with Crippen LogP contribution in [0, 0.1) is 15.9 Å². The van der Waals surface area contributed by atoms with Crippen LogP contribution in [0.5, 0.6) is 5.75 Å². The Balaban J connectivity index is 1.52. The van der Waals surface area contributed by atoms with Crippen molar-refractivity contribution in [1.82, 2.24) is 0 Å². The second kappa shape index (κ2) is 9.72. The van der Waals surface area contributed by atoms with E-state index in [0.29, 0.717) is 11.5 Å². The third-order valence-electron chi connectivity index (χ3n) is 3.82. The lowest BCUT2D eigenvalue weighted by Crippen LogP contribution is -2.21. The van der Waals surface area contributed by atoms with Crippen LogP contribution >= 0.6 is 11.6 Å². The van der Waals surface area contributed by atoms with E-state index in [1.165, 1.54) is 48.5 Å². The maximum Gasteiger partial charge on any atom is 0.374 e. The van der Waals surface area contributed by atoms with Gasteiger partial charge in [0.15, 0.2) is 6.61 Å². The molecule has 3 aromatic rings. The number of nitrogens with one attached hydrogen (secondary N) is 1. The predicted molar refractivity (Wildman–Crippen MR) is 106 cm³/mol. The second-order valence-electron chi connectivity index (χ2n) is 6.05. The first-order valence-corrected chi connectivity index (χ1v) is 9.07. The number of furan rings is 1. The standard InChI is InChI=1S/C20H14ClFN2O7/c21-12-1-7-17(24(27)28)16(9-12)23-19(25)11-30-20(26)18-8-6-15(31-18)10-29-14-4-2-13(22)3-5-14/h1-9H,10-11H2,(H,23,25). The van der Waals surface area contributed by atoms with Crippen molar-refractivity contribution in [2.75, 3.05) is 11.9 Å². The van der Waals surface area contributed by atoms with Gasteiger partial charge in [0.2, 0.25) is 5.76 Å². The molecule has 1 aromatic heterocycles. The van der Waals surface area contributed by atoms with Gasteiger partial charge < -0.3 is 19.2 Å². The van der Waals surface area contributed by atoms with Gasteiger partial charge in [-0.1, -0.05) is 11.6 Å². The molecule has 0 saturated carbocycles. The maximum absolute atomic E-state index is 12.9. The molecule has 1 amide bonds. The van der Waals surface area contributed by atoms with Crippen LogP contribution in [0.3, 0.4) is 0 Å². The van der Waals surface area contributed by atoms with Crippen molar-refractivity contribution in [2.24, 2.45) is 0 Å². The number of halogens is 2. The molecule has 1 heterocycles. The molecule has 160 valence electrons. The maximum atomic E-state index is 12.9. The number of hydrogen-bond acceptors (Lipinski definition) is 7. The first-order valence-electron chi connectivity index (χ1n) is 8.70. The Labute approximate surface area is 179 Å². The highest BCUT2D eigenvalue weighted by Crippen LogP contribution is 2.27. The third kappa shape index (κ3) is 6.03. The highest BCUT2D eigenvalue weighted by Gasteiger charge is 2.19. The molecule has 2 aromatic carbocycles. The van der Waals surface area contributed by atoms with Crippen molar-refractivity contribution < 1.29 is 32.8 Å². The number of hydrogen-bond donors (Lipinski definition) is 1. The van der Waals surface area contributed by atoms with Crippen LogP contribution in [0.1, 0.15) is 16.3 Å².